The van der Waals surface area contributed by atoms with E-state index >= 15 is 0 Å². The molecule has 1 heterocycles. The topological polar surface area (TPSA) is 29.5 Å². The summed E-state index contributed by atoms with van der Waals surface area (Å²) >= 11 is 5.90. The van der Waals surface area contributed by atoms with E-state index in [9.17, 15) is 4.79 Å². The van der Waals surface area contributed by atoms with Crippen LogP contribution in [0.3, 0.4) is 0 Å². The van der Waals surface area contributed by atoms with Crippen molar-refractivity contribution >= 4 is 17.7 Å². The van der Waals surface area contributed by atoms with E-state index in [1.165, 1.54) is 0 Å². The number of nitrogens with zero attached hydrogens (tertiary/aromatic N) is 1. The Balaban J connectivity index is 2.30. The number of likely N-dealkylation sites (tertiary alicyclic amines) is 1. The number of carbonyl (C=O) groups excluding carboxylic acids is 1. The van der Waals surface area contributed by atoms with Gasteiger partial charge in [-0.25, -0.2) is 4.79 Å². The van der Waals surface area contributed by atoms with Crippen LogP contribution in [0, 0.1) is 5.92 Å². The average molecular weight is 220 g/mol. The smallest absolute Gasteiger partial charge is 0.410 e. The van der Waals surface area contributed by atoms with Gasteiger partial charge in [0.25, 0.3) is 0 Å². The molecule has 1 fully saturated rings. The maximum absolute atomic E-state index is 11.5. The molecule has 1 rings (SSSR count). The molecule has 1 unspecified atom stereocenters. The minimum Gasteiger partial charge on any atom is -0.444 e. The summed E-state index contributed by atoms with van der Waals surface area (Å²) in [6.07, 6.45) is -0.230. The number of rotatable bonds is 1. The third-order valence-corrected chi connectivity index (χ3v) is 2.57. The number of ether oxygens (including phenoxy) is 1. The molecule has 3 nitrogen and oxygen atoms in total. The first-order valence-corrected chi connectivity index (χ1v) is 5.35. The zero-order valence-corrected chi connectivity index (χ0v) is 9.97. The molecule has 1 atom stereocenters. The Hall–Kier alpha value is -0.440. The van der Waals surface area contributed by atoms with Crippen LogP contribution in [0.5, 0.6) is 0 Å². The number of hydrogen-bond acceptors (Lipinski definition) is 2. The van der Waals surface area contributed by atoms with Crippen LogP contribution in [-0.2, 0) is 4.74 Å². The summed E-state index contributed by atoms with van der Waals surface area (Å²) in [6.45, 7) is 9.00. The minimum absolute atomic E-state index is 0.133. The standard InChI is InChI=1S/C10H18ClNO2/c1-7(11)8-5-12(6-8)9(13)14-10(2,3)4/h7-8H,5-6H2,1-4H3. The van der Waals surface area contributed by atoms with Gasteiger partial charge in [0.2, 0.25) is 0 Å². The third-order valence-electron chi connectivity index (χ3n) is 2.21. The predicted molar refractivity (Wildman–Crippen MR) is 56.6 cm³/mol. The molecule has 1 aliphatic heterocycles. The molecule has 0 saturated carbocycles. The Morgan fingerprint density at radius 3 is 2.36 bits per heavy atom. The van der Waals surface area contributed by atoms with Gasteiger partial charge in [-0.3, -0.25) is 0 Å². The van der Waals surface area contributed by atoms with E-state index in [4.69, 9.17) is 16.3 Å². The van der Waals surface area contributed by atoms with Crippen LogP contribution in [-0.4, -0.2) is 35.1 Å². The Morgan fingerprint density at radius 2 is 2.00 bits per heavy atom. The van der Waals surface area contributed by atoms with Crippen LogP contribution in [0.25, 0.3) is 0 Å². The number of alkyl halides is 1. The zero-order valence-electron chi connectivity index (χ0n) is 9.21. The van der Waals surface area contributed by atoms with E-state index in [0.717, 1.165) is 13.1 Å². The lowest BCUT2D eigenvalue weighted by Crippen LogP contribution is -2.53. The van der Waals surface area contributed by atoms with Gasteiger partial charge < -0.3 is 9.64 Å². The van der Waals surface area contributed by atoms with Crippen molar-refractivity contribution in [3.63, 3.8) is 0 Å². The lowest BCUT2D eigenvalue weighted by atomic mass is 9.98. The van der Waals surface area contributed by atoms with Gasteiger partial charge in [0.05, 0.1) is 0 Å². The van der Waals surface area contributed by atoms with Crippen molar-refractivity contribution in [2.24, 2.45) is 5.92 Å². The Labute approximate surface area is 90.4 Å². The second-order valence-electron chi connectivity index (χ2n) is 4.82. The summed E-state index contributed by atoms with van der Waals surface area (Å²) in [4.78, 5) is 13.2. The van der Waals surface area contributed by atoms with E-state index < -0.39 is 5.60 Å². The molecule has 0 spiro atoms. The van der Waals surface area contributed by atoms with E-state index in [1.807, 2.05) is 27.7 Å². The molecule has 0 aromatic heterocycles. The molecule has 0 aromatic rings. The maximum atomic E-state index is 11.5. The molecule has 4 heteroatoms. The van der Waals surface area contributed by atoms with Crippen LogP contribution in [0.15, 0.2) is 0 Å². The van der Waals surface area contributed by atoms with Crippen LogP contribution in [0.2, 0.25) is 0 Å². The fourth-order valence-corrected chi connectivity index (χ4v) is 1.44. The SMILES string of the molecule is CC(Cl)C1CN(C(=O)OC(C)(C)C)C1. The molecule has 0 bridgehead atoms. The second kappa shape index (κ2) is 3.97. The third kappa shape index (κ3) is 3.05. The molecule has 82 valence electrons. The van der Waals surface area contributed by atoms with Crippen molar-refractivity contribution in [2.75, 3.05) is 13.1 Å². The van der Waals surface area contributed by atoms with Crippen LogP contribution >= 0.6 is 11.6 Å². The van der Waals surface area contributed by atoms with E-state index in [1.54, 1.807) is 4.90 Å². The van der Waals surface area contributed by atoms with Gasteiger partial charge >= 0.3 is 6.09 Å². The van der Waals surface area contributed by atoms with Gasteiger partial charge in [0.15, 0.2) is 0 Å². The van der Waals surface area contributed by atoms with Crippen molar-refractivity contribution in [3.8, 4) is 0 Å². The molecule has 1 saturated heterocycles. The van der Waals surface area contributed by atoms with Crippen LogP contribution in [0.1, 0.15) is 27.7 Å². The fraction of sp³-hybridized carbons (Fsp3) is 0.900. The first-order chi connectivity index (χ1) is 6.29. The highest BCUT2D eigenvalue weighted by atomic mass is 35.5. The van der Waals surface area contributed by atoms with Crippen molar-refractivity contribution < 1.29 is 9.53 Å². The highest BCUT2D eigenvalue weighted by molar-refractivity contribution is 6.20. The molecular formula is C10H18ClNO2. The molecule has 0 aromatic carbocycles. The van der Waals surface area contributed by atoms with Gasteiger partial charge in [0.1, 0.15) is 5.60 Å². The Morgan fingerprint density at radius 1 is 1.50 bits per heavy atom. The Kier molecular flexibility index (Phi) is 3.30. The summed E-state index contributed by atoms with van der Waals surface area (Å²) < 4.78 is 5.21. The number of amides is 1. The lowest BCUT2D eigenvalue weighted by Gasteiger charge is -2.41. The molecule has 0 aliphatic carbocycles. The van der Waals surface area contributed by atoms with Crippen molar-refractivity contribution in [2.45, 2.75) is 38.7 Å². The van der Waals surface area contributed by atoms with Crippen molar-refractivity contribution in [3.05, 3.63) is 0 Å². The number of halogens is 1. The zero-order chi connectivity index (χ0) is 10.9. The summed E-state index contributed by atoms with van der Waals surface area (Å²) in [5, 5.41) is 0.133. The second-order valence-corrected chi connectivity index (χ2v) is 5.51. The molecule has 1 aliphatic rings. The van der Waals surface area contributed by atoms with Gasteiger partial charge in [-0.2, -0.15) is 0 Å². The van der Waals surface area contributed by atoms with Crippen molar-refractivity contribution in [1.29, 1.82) is 0 Å². The average Bonchev–Trinajstić information content (AvgIpc) is 1.75. The number of hydrogen-bond donors (Lipinski definition) is 0. The minimum atomic E-state index is -0.408. The summed E-state index contributed by atoms with van der Waals surface area (Å²) in [7, 11) is 0. The molecule has 1 amide bonds. The van der Waals surface area contributed by atoms with Gasteiger partial charge in [-0.05, 0) is 27.7 Å². The van der Waals surface area contributed by atoms with Gasteiger partial charge in [-0.15, -0.1) is 11.6 Å². The molecular weight excluding hydrogens is 202 g/mol. The number of carbonyl (C=O) groups is 1. The molecule has 0 radical (unpaired) electrons. The first-order valence-electron chi connectivity index (χ1n) is 4.91. The lowest BCUT2D eigenvalue weighted by molar-refractivity contribution is -0.000834. The Bertz CT molecular complexity index is 217. The van der Waals surface area contributed by atoms with Crippen LogP contribution in [0.4, 0.5) is 4.79 Å². The normalized spacial score (nSPS) is 20.2. The maximum Gasteiger partial charge on any atom is 0.410 e. The fourth-order valence-electron chi connectivity index (χ4n) is 1.28. The largest absolute Gasteiger partial charge is 0.444 e. The quantitative estimate of drug-likeness (QED) is 0.635. The monoisotopic (exact) mass is 219 g/mol. The van der Waals surface area contributed by atoms with E-state index in [-0.39, 0.29) is 11.5 Å². The van der Waals surface area contributed by atoms with E-state index in [0.29, 0.717) is 5.92 Å². The highest BCUT2D eigenvalue weighted by Gasteiger charge is 2.35. The van der Waals surface area contributed by atoms with E-state index in [2.05, 4.69) is 0 Å². The summed E-state index contributed by atoms with van der Waals surface area (Å²) in [6, 6.07) is 0. The molecule has 0 N–H and O–H groups in total. The highest BCUT2D eigenvalue weighted by Crippen LogP contribution is 2.24. The summed E-state index contributed by atoms with van der Waals surface area (Å²) in [5.74, 6) is 0.421. The van der Waals surface area contributed by atoms with Gasteiger partial charge in [0, 0.05) is 24.4 Å². The van der Waals surface area contributed by atoms with Crippen molar-refractivity contribution in [1.82, 2.24) is 4.90 Å². The molecule has 14 heavy (non-hydrogen) atoms. The van der Waals surface area contributed by atoms with Gasteiger partial charge in [-0.1, -0.05) is 0 Å². The van der Waals surface area contributed by atoms with Crippen LogP contribution < -0.4 is 0 Å². The first kappa shape index (κ1) is 11.6. The summed E-state index contributed by atoms with van der Waals surface area (Å²) in [5.41, 5.74) is -0.408. The predicted octanol–water partition coefficient (Wildman–Crippen LogP) is 2.48.